The zero-order valence-electron chi connectivity index (χ0n) is 10.3. The maximum Gasteiger partial charge on any atom is 0.219 e. The molecule has 0 aliphatic heterocycles. The minimum atomic E-state index is -0.489. The molecule has 19 heavy (non-hydrogen) atoms. The molecule has 2 rings (SSSR count). The minimum absolute atomic E-state index is 0.0618. The number of primary amides is 1. The smallest absolute Gasteiger partial charge is 0.219 e. The van der Waals surface area contributed by atoms with Gasteiger partial charge in [0.05, 0.1) is 0 Å². The van der Waals surface area contributed by atoms with Crippen molar-refractivity contribution >= 4 is 5.91 Å². The van der Waals surface area contributed by atoms with Gasteiger partial charge in [-0.1, -0.05) is 36.4 Å². The maximum atomic E-state index is 13.3. The summed E-state index contributed by atoms with van der Waals surface area (Å²) in [4.78, 5) is 11.0. The van der Waals surface area contributed by atoms with Crippen LogP contribution in [0.5, 0.6) is 0 Å². The highest BCUT2D eigenvalue weighted by atomic mass is 19.1. The van der Waals surface area contributed by atoms with Crippen LogP contribution in [0, 0.1) is 5.82 Å². The summed E-state index contributed by atoms with van der Waals surface area (Å²) in [6.45, 7) is 0. The fourth-order valence-corrected chi connectivity index (χ4v) is 2.07. The summed E-state index contributed by atoms with van der Waals surface area (Å²) in [6.07, 6.45) is 0.0618. The van der Waals surface area contributed by atoms with Gasteiger partial charge < -0.3 is 11.5 Å². The van der Waals surface area contributed by atoms with E-state index in [0.717, 1.165) is 16.7 Å². The highest BCUT2D eigenvalue weighted by Crippen LogP contribution is 2.28. The molecule has 0 bridgehead atoms. The average molecular weight is 258 g/mol. The number of carbonyl (C=O) groups is 1. The standard InChI is InChI=1S/C15H15FN2O/c16-11-5-3-4-10(8-11)12-6-1-2-7-13(12)14(17)9-15(18)19/h1-8,14H,9,17H2,(H2,18,19). The largest absolute Gasteiger partial charge is 0.370 e. The van der Waals surface area contributed by atoms with E-state index < -0.39 is 11.9 Å². The molecule has 4 N–H and O–H groups in total. The van der Waals surface area contributed by atoms with Crippen LogP contribution in [0.15, 0.2) is 48.5 Å². The van der Waals surface area contributed by atoms with E-state index >= 15 is 0 Å². The van der Waals surface area contributed by atoms with E-state index in [9.17, 15) is 9.18 Å². The number of hydrogen-bond donors (Lipinski definition) is 2. The molecule has 0 saturated heterocycles. The molecule has 0 aromatic heterocycles. The lowest BCUT2D eigenvalue weighted by Gasteiger charge is -2.15. The van der Waals surface area contributed by atoms with Gasteiger partial charge in [-0.2, -0.15) is 0 Å². The van der Waals surface area contributed by atoms with E-state index in [1.165, 1.54) is 12.1 Å². The van der Waals surface area contributed by atoms with Gasteiger partial charge in [0.15, 0.2) is 0 Å². The van der Waals surface area contributed by atoms with Crippen LogP contribution < -0.4 is 11.5 Å². The van der Waals surface area contributed by atoms with Crippen LogP contribution in [0.2, 0.25) is 0 Å². The average Bonchev–Trinajstić information content (AvgIpc) is 2.38. The predicted molar refractivity (Wildman–Crippen MR) is 72.6 cm³/mol. The van der Waals surface area contributed by atoms with E-state index in [2.05, 4.69) is 0 Å². The van der Waals surface area contributed by atoms with E-state index in [4.69, 9.17) is 11.5 Å². The molecule has 4 heteroatoms. The normalized spacial score (nSPS) is 12.1. The molecular weight excluding hydrogens is 243 g/mol. The number of nitrogens with two attached hydrogens (primary N) is 2. The Morgan fingerprint density at radius 2 is 1.89 bits per heavy atom. The summed E-state index contributed by atoms with van der Waals surface area (Å²) in [6, 6.07) is 13.1. The predicted octanol–water partition coefficient (Wildman–Crippen LogP) is 2.37. The number of carbonyl (C=O) groups excluding carboxylic acids is 1. The van der Waals surface area contributed by atoms with Gasteiger partial charge in [-0.15, -0.1) is 0 Å². The van der Waals surface area contributed by atoms with E-state index in [-0.39, 0.29) is 12.2 Å². The SMILES string of the molecule is NC(=O)CC(N)c1ccccc1-c1cccc(F)c1. The molecule has 0 saturated carbocycles. The molecule has 0 radical (unpaired) electrons. The van der Waals surface area contributed by atoms with E-state index in [1.54, 1.807) is 12.1 Å². The third kappa shape index (κ3) is 3.17. The van der Waals surface area contributed by atoms with Crippen molar-refractivity contribution < 1.29 is 9.18 Å². The second-order valence-electron chi connectivity index (χ2n) is 4.37. The fourth-order valence-electron chi connectivity index (χ4n) is 2.07. The van der Waals surface area contributed by atoms with E-state index in [0.29, 0.717) is 0 Å². The molecular formula is C15H15FN2O. The zero-order chi connectivity index (χ0) is 13.8. The lowest BCUT2D eigenvalue weighted by molar-refractivity contribution is -0.118. The molecule has 0 aliphatic carbocycles. The Kier molecular flexibility index (Phi) is 3.92. The molecule has 0 aliphatic rings. The van der Waals surface area contributed by atoms with Crippen molar-refractivity contribution in [2.45, 2.75) is 12.5 Å². The molecule has 1 atom stereocenters. The molecule has 3 nitrogen and oxygen atoms in total. The quantitative estimate of drug-likeness (QED) is 0.884. The lowest BCUT2D eigenvalue weighted by Crippen LogP contribution is -2.21. The Balaban J connectivity index is 2.44. The Bertz CT molecular complexity index is 598. The summed E-state index contributed by atoms with van der Waals surface area (Å²) in [5.41, 5.74) is 13.5. The Morgan fingerprint density at radius 3 is 2.58 bits per heavy atom. The Hall–Kier alpha value is -2.20. The van der Waals surface area contributed by atoms with Gasteiger partial charge in [-0.05, 0) is 28.8 Å². The summed E-state index contributed by atoms with van der Waals surface area (Å²) in [7, 11) is 0. The highest BCUT2D eigenvalue weighted by molar-refractivity contribution is 5.76. The van der Waals surface area contributed by atoms with Crippen LogP contribution in [-0.4, -0.2) is 5.91 Å². The van der Waals surface area contributed by atoms with Crippen LogP contribution in [-0.2, 0) is 4.79 Å². The van der Waals surface area contributed by atoms with Crippen molar-refractivity contribution in [3.63, 3.8) is 0 Å². The van der Waals surface area contributed by atoms with Gasteiger partial charge in [0.25, 0.3) is 0 Å². The van der Waals surface area contributed by atoms with Crippen molar-refractivity contribution in [3.8, 4) is 11.1 Å². The highest BCUT2D eigenvalue weighted by Gasteiger charge is 2.14. The number of benzene rings is 2. The molecule has 1 unspecified atom stereocenters. The van der Waals surface area contributed by atoms with Crippen molar-refractivity contribution in [2.75, 3.05) is 0 Å². The molecule has 0 fully saturated rings. The Labute approximate surface area is 111 Å². The van der Waals surface area contributed by atoms with Crippen LogP contribution in [0.3, 0.4) is 0 Å². The van der Waals surface area contributed by atoms with Gasteiger partial charge in [-0.25, -0.2) is 4.39 Å². The van der Waals surface area contributed by atoms with Gasteiger partial charge in [-0.3, -0.25) is 4.79 Å². The molecule has 98 valence electrons. The lowest BCUT2D eigenvalue weighted by atomic mass is 9.93. The van der Waals surface area contributed by atoms with Crippen LogP contribution >= 0.6 is 0 Å². The number of hydrogen-bond acceptors (Lipinski definition) is 2. The molecule has 0 spiro atoms. The number of amides is 1. The van der Waals surface area contributed by atoms with Crippen molar-refractivity contribution in [3.05, 3.63) is 59.9 Å². The first kappa shape index (κ1) is 13.2. The summed E-state index contributed by atoms with van der Waals surface area (Å²) < 4.78 is 13.3. The second kappa shape index (κ2) is 5.63. The van der Waals surface area contributed by atoms with Crippen molar-refractivity contribution in [1.82, 2.24) is 0 Å². The summed E-state index contributed by atoms with van der Waals surface area (Å²) >= 11 is 0. The summed E-state index contributed by atoms with van der Waals surface area (Å²) in [5.74, 6) is -0.766. The first-order chi connectivity index (χ1) is 9.08. The van der Waals surface area contributed by atoms with Gasteiger partial charge in [0.1, 0.15) is 5.82 Å². The molecule has 2 aromatic carbocycles. The third-order valence-electron chi connectivity index (χ3n) is 2.92. The van der Waals surface area contributed by atoms with E-state index in [1.807, 2.05) is 24.3 Å². The van der Waals surface area contributed by atoms with Gasteiger partial charge >= 0.3 is 0 Å². The van der Waals surface area contributed by atoms with Gasteiger partial charge in [0.2, 0.25) is 5.91 Å². The van der Waals surface area contributed by atoms with Crippen LogP contribution in [0.25, 0.3) is 11.1 Å². The second-order valence-corrected chi connectivity index (χ2v) is 4.37. The monoisotopic (exact) mass is 258 g/mol. The first-order valence-corrected chi connectivity index (χ1v) is 5.96. The van der Waals surface area contributed by atoms with Crippen molar-refractivity contribution in [2.24, 2.45) is 11.5 Å². The third-order valence-corrected chi connectivity index (χ3v) is 2.92. The minimum Gasteiger partial charge on any atom is -0.370 e. The summed E-state index contributed by atoms with van der Waals surface area (Å²) in [5, 5.41) is 0. The zero-order valence-corrected chi connectivity index (χ0v) is 10.3. The Morgan fingerprint density at radius 1 is 1.16 bits per heavy atom. The first-order valence-electron chi connectivity index (χ1n) is 5.96. The molecule has 0 heterocycles. The van der Waals surface area contributed by atoms with Gasteiger partial charge in [0, 0.05) is 12.5 Å². The van der Waals surface area contributed by atoms with Crippen LogP contribution in [0.1, 0.15) is 18.0 Å². The van der Waals surface area contributed by atoms with Crippen LogP contribution in [0.4, 0.5) is 4.39 Å². The number of halogens is 1. The van der Waals surface area contributed by atoms with Crippen molar-refractivity contribution in [1.29, 1.82) is 0 Å². The fraction of sp³-hybridized carbons (Fsp3) is 0.133. The topological polar surface area (TPSA) is 69.1 Å². The molecule has 1 amide bonds. The molecule has 2 aromatic rings. The maximum absolute atomic E-state index is 13.3. The number of rotatable bonds is 4.